The second kappa shape index (κ2) is 10.2. The van der Waals surface area contributed by atoms with Crippen LogP contribution in [0.4, 0.5) is 9.59 Å². The smallest absolute Gasteiger partial charge is 0.407 e. The molecule has 0 fully saturated rings. The van der Waals surface area contributed by atoms with Gasteiger partial charge in [0.1, 0.15) is 11.2 Å². The van der Waals surface area contributed by atoms with Gasteiger partial charge in [-0.2, -0.15) is 0 Å². The van der Waals surface area contributed by atoms with Crippen LogP contribution in [-0.2, 0) is 16.0 Å². The largest absolute Gasteiger partial charge is 0.444 e. The van der Waals surface area contributed by atoms with Crippen molar-refractivity contribution in [3.05, 3.63) is 42.0 Å². The number of nitrogens with zero attached hydrogens (tertiary/aromatic N) is 2. The lowest BCUT2D eigenvalue weighted by Gasteiger charge is -2.19. The van der Waals surface area contributed by atoms with Crippen molar-refractivity contribution in [3.8, 4) is 0 Å². The van der Waals surface area contributed by atoms with Crippen LogP contribution in [-0.4, -0.2) is 57.8 Å². The van der Waals surface area contributed by atoms with Crippen LogP contribution in [0.3, 0.4) is 0 Å². The van der Waals surface area contributed by atoms with Gasteiger partial charge in [-0.25, -0.2) is 9.59 Å². The topological polar surface area (TPSA) is 126 Å². The van der Waals surface area contributed by atoms with Gasteiger partial charge in [0.2, 0.25) is 0 Å². The van der Waals surface area contributed by atoms with Gasteiger partial charge in [-0.15, -0.1) is 0 Å². The molecule has 2 aromatic carbocycles. The molecule has 0 saturated heterocycles. The van der Waals surface area contributed by atoms with Crippen molar-refractivity contribution in [1.29, 1.82) is 0 Å². The summed E-state index contributed by atoms with van der Waals surface area (Å²) in [4.78, 5) is 31.9. The normalized spacial score (nSPS) is 12.9. The van der Waals surface area contributed by atoms with E-state index in [-0.39, 0.29) is 0 Å². The number of aromatic nitrogens is 3. The van der Waals surface area contributed by atoms with Gasteiger partial charge in [-0.1, -0.05) is 0 Å². The molecule has 4 aromatic rings. The van der Waals surface area contributed by atoms with Crippen LogP contribution in [0.5, 0.6) is 0 Å². The SMILES string of the molecule is CC(C)(C)OC(=O)NCCN=c1ccc2c3c1cc1c[nH]ccc1c3[nH]n2CCNC(=O)OC(C)(C)C. The number of pyridine rings is 1. The average Bonchev–Trinajstić information content (AvgIpc) is 3.15. The first-order chi connectivity index (χ1) is 17.4. The number of ether oxygens (including phenoxy) is 2. The Bertz CT molecular complexity index is 1500. The molecule has 4 rings (SSSR count). The third-order valence-corrected chi connectivity index (χ3v) is 5.52. The average molecular weight is 509 g/mol. The summed E-state index contributed by atoms with van der Waals surface area (Å²) in [6.45, 7) is 12.7. The van der Waals surface area contributed by atoms with Crippen LogP contribution in [0.15, 0.2) is 41.7 Å². The number of benzene rings is 2. The fourth-order valence-corrected chi connectivity index (χ4v) is 4.17. The van der Waals surface area contributed by atoms with Crippen molar-refractivity contribution < 1.29 is 19.1 Å². The number of hydrogen-bond donors (Lipinski definition) is 4. The van der Waals surface area contributed by atoms with Crippen molar-refractivity contribution in [1.82, 2.24) is 25.4 Å². The fourth-order valence-electron chi connectivity index (χ4n) is 4.17. The highest BCUT2D eigenvalue weighted by atomic mass is 16.6. The minimum Gasteiger partial charge on any atom is -0.444 e. The zero-order valence-electron chi connectivity index (χ0n) is 22.3. The first-order valence-corrected chi connectivity index (χ1v) is 12.5. The molecule has 0 aliphatic rings. The number of amides is 2. The molecule has 4 N–H and O–H groups in total. The summed E-state index contributed by atoms with van der Waals surface area (Å²) < 4.78 is 12.7. The standard InChI is InChI=1S/C27H36N6O4/c1-26(2,3)36-24(34)30-12-11-29-20-7-8-21-22-19(20)15-17-16-28-10-9-18(17)23(22)32-33(21)14-13-31-25(35)37-27(4,5)6/h7-10,15-16,28,32H,11-14H2,1-6H3,(H,30,34)(H,31,35). The van der Waals surface area contributed by atoms with E-state index in [1.54, 1.807) is 0 Å². The highest BCUT2D eigenvalue weighted by Gasteiger charge is 2.17. The van der Waals surface area contributed by atoms with E-state index in [9.17, 15) is 9.59 Å². The second-order valence-corrected chi connectivity index (χ2v) is 10.9. The molecule has 0 radical (unpaired) electrons. The van der Waals surface area contributed by atoms with Gasteiger partial charge in [0.25, 0.3) is 0 Å². The molecule has 0 bridgehead atoms. The number of alkyl carbamates (subject to hydrolysis) is 2. The Morgan fingerprint density at radius 3 is 2.30 bits per heavy atom. The number of carbonyl (C=O) groups is 2. The number of H-pyrrole nitrogens is 2. The van der Waals surface area contributed by atoms with Gasteiger partial charge >= 0.3 is 12.2 Å². The molecule has 198 valence electrons. The lowest BCUT2D eigenvalue weighted by Crippen LogP contribution is -2.34. The first-order valence-electron chi connectivity index (χ1n) is 12.5. The Labute approximate surface area is 215 Å². The quantitative estimate of drug-likeness (QED) is 0.225. The Kier molecular flexibility index (Phi) is 7.20. The van der Waals surface area contributed by atoms with Gasteiger partial charge in [-0.05, 0) is 65.8 Å². The van der Waals surface area contributed by atoms with E-state index in [0.717, 1.165) is 37.9 Å². The molecule has 0 spiro atoms. The predicted molar refractivity (Wildman–Crippen MR) is 145 cm³/mol. The summed E-state index contributed by atoms with van der Waals surface area (Å²) in [5.41, 5.74) is 0.920. The van der Waals surface area contributed by atoms with E-state index in [1.807, 2.05) is 76.8 Å². The molecular formula is C27H36N6O4. The maximum absolute atomic E-state index is 12.1. The lowest BCUT2D eigenvalue weighted by molar-refractivity contribution is 0.0516. The van der Waals surface area contributed by atoms with Crippen molar-refractivity contribution in [2.24, 2.45) is 4.99 Å². The van der Waals surface area contributed by atoms with Crippen molar-refractivity contribution in [2.45, 2.75) is 59.3 Å². The lowest BCUT2D eigenvalue weighted by atomic mass is 10.0. The highest BCUT2D eigenvalue weighted by molar-refractivity contribution is 6.19. The number of carbonyl (C=O) groups excluding carboxylic acids is 2. The van der Waals surface area contributed by atoms with Crippen LogP contribution in [0, 0.1) is 0 Å². The van der Waals surface area contributed by atoms with E-state index in [0.29, 0.717) is 26.2 Å². The number of hydrogen-bond acceptors (Lipinski definition) is 5. The van der Waals surface area contributed by atoms with Crippen LogP contribution in [0.2, 0.25) is 0 Å². The molecule has 37 heavy (non-hydrogen) atoms. The zero-order valence-corrected chi connectivity index (χ0v) is 22.3. The van der Waals surface area contributed by atoms with Gasteiger partial charge in [0, 0.05) is 47.0 Å². The maximum Gasteiger partial charge on any atom is 0.407 e. The minimum absolute atomic E-state index is 0.368. The molecule has 10 heteroatoms. The molecule has 2 heterocycles. The van der Waals surface area contributed by atoms with E-state index < -0.39 is 23.4 Å². The van der Waals surface area contributed by atoms with Crippen LogP contribution in [0.25, 0.3) is 32.6 Å². The Balaban J connectivity index is 1.61. The fraction of sp³-hybridized carbons (Fsp3) is 0.444. The summed E-state index contributed by atoms with van der Waals surface area (Å²) in [7, 11) is 0. The van der Waals surface area contributed by atoms with Gasteiger partial charge < -0.3 is 25.1 Å². The van der Waals surface area contributed by atoms with Gasteiger partial charge in [-0.3, -0.25) is 14.8 Å². The summed E-state index contributed by atoms with van der Waals surface area (Å²) in [5, 5.41) is 14.1. The summed E-state index contributed by atoms with van der Waals surface area (Å²) in [6.07, 6.45) is 2.96. The van der Waals surface area contributed by atoms with Crippen LogP contribution < -0.4 is 16.0 Å². The highest BCUT2D eigenvalue weighted by Crippen LogP contribution is 2.31. The summed E-state index contributed by atoms with van der Waals surface area (Å²) >= 11 is 0. The first kappa shape index (κ1) is 26.1. The van der Waals surface area contributed by atoms with Crippen molar-refractivity contribution >= 4 is 44.8 Å². The number of rotatable bonds is 6. The van der Waals surface area contributed by atoms with E-state index in [2.05, 4.69) is 26.8 Å². The molecule has 0 aliphatic heterocycles. The summed E-state index contributed by atoms with van der Waals surface area (Å²) in [6, 6.07) is 8.17. The van der Waals surface area contributed by atoms with E-state index >= 15 is 0 Å². The van der Waals surface area contributed by atoms with Crippen molar-refractivity contribution in [2.75, 3.05) is 19.6 Å². The zero-order chi connectivity index (χ0) is 26.8. The van der Waals surface area contributed by atoms with E-state index in [4.69, 9.17) is 14.5 Å². The molecule has 10 nitrogen and oxygen atoms in total. The molecule has 0 aliphatic carbocycles. The minimum atomic E-state index is -0.546. The van der Waals surface area contributed by atoms with Gasteiger partial charge in [0.15, 0.2) is 0 Å². The number of fused-ring (bicyclic) bond motifs is 2. The predicted octanol–water partition coefficient (Wildman–Crippen LogP) is 4.55. The van der Waals surface area contributed by atoms with Crippen molar-refractivity contribution in [3.63, 3.8) is 0 Å². The number of aromatic amines is 2. The second-order valence-electron chi connectivity index (χ2n) is 10.9. The molecular weight excluding hydrogens is 472 g/mol. The van der Waals surface area contributed by atoms with Crippen LogP contribution in [0.1, 0.15) is 41.5 Å². The molecule has 0 atom stereocenters. The molecule has 0 saturated carbocycles. The summed E-state index contributed by atoms with van der Waals surface area (Å²) in [5.74, 6) is 0. The maximum atomic E-state index is 12.1. The third-order valence-electron chi connectivity index (χ3n) is 5.52. The Morgan fingerprint density at radius 1 is 0.946 bits per heavy atom. The molecule has 2 aromatic heterocycles. The Hall–Kier alpha value is -3.95. The van der Waals surface area contributed by atoms with Crippen LogP contribution >= 0.6 is 0 Å². The molecule has 2 amide bonds. The van der Waals surface area contributed by atoms with Gasteiger partial charge in [0.05, 0.1) is 29.5 Å². The third kappa shape index (κ3) is 6.44. The number of nitrogens with one attached hydrogen (secondary N) is 4. The monoisotopic (exact) mass is 508 g/mol. The Morgan fingerprint density at radius 2 is 1.62 bits per heavy atom. The molecule has 0 unspecified atom stereocenters. The van der Waals surface area contributed by atoms with E-state index in [1.165, 1.54) is 0 Å².